The fourth-order valence-corrected chi connectivity index (χ4v) is 2.88. The van der Waals surface area contributed by atoms with Gasteiger partial charge in [0.1, 0.15) is 5.82 Å². The van der Waals surface area contributed by atoms with Crippen molar-refractivity contribution in [3.05, 3.63) is 30.1 Å². The van der Waals surface area contributed by atoms with E-state index in [1.54, 1.807) is 4.57 Å². The van der Waals surface area contributed by atoms with Crippen LogP contribution in [0.15, 0.2) is 24.3 Å². The van der Waals surface area contributed by atoms with Gasteiger partial charge in [0.2, 0.25) is 5.91 Å². The number of carbonyl (C=O) groups is 2. The molecule has 24 heavy (non-hydrogen) atoms. The van der Waals surface area contributed by atoms with Crippen molar-refractivity contribution in [2.24, 2.45) is 5.92 Å². The average molecular weight is 330 g/mol. The normalized spacial score (nSPS) is 12.2. The first-order valence-electron chi connectivity index (χ1n) is 8.72. The third-order valence-corrected chi connectivity index (χ3v) is 4.11. The van der Waals surface area contributed by atoms with E-state index < -0.39 is 0 Å². The number of ether oxygens (including phenoxy) is 1. The number of rotatable bonds is 10. The molecule has 2 aromatic rings. The number of fused-ring (bicyclic) bond motifs is 1. The third-order valence-electron chi connectivity index (χ3n) is 4.11. The summed E-state index contributed by atoms with van der Waals surface area (Å²) in [7, 11) is 0. The Bertz CT molecular complexity index is 678. The van der Waals surface area contributed by atoms with Crippen LogP contribution >= 0.6 is 0 Å². The maximum Gasteiger partial charge on any atom is 0.293 e. The second kappa shape index (κ2) is 9.21. The Morgan fingerprint density at radius 3 is 2.83 bits per heavy atom. The SMILES string of the molecule is CCCCCCc1nc2ccccc2n1C(=O)CC(C)COC=O. The molecule has 1 aromatic heterocycles. The molecule has 0 aliphatic heterocycles. The van der Waals surface area contributed by atoms with Crippen LogP contribution in [0.3, 0.4) is 0 Å². The van der Waals surface area contributed by atoms with E-state index in [9.17, 15) is 9.59 Å². The number of hydrogen-bond donors (Lipinski definition) is 0. The van der Waals surface area contributed by atoms with E-state index in [2.05, 4.69) is 11.9 Å². The number of imidazole rings is 1. The molecule has 1 unspecified atom stereocenters. The molecule has 0 aliphatic carbocycles. The third kappa shape index (κ3) is 4.66. The molecule has 0 fully saturated rings. The first kappa shape index (κ1) is 18.2. The van der Waals surface area contributed by atoms with Gasteiger partial charge in [-0.2, -0.15) is 0 Å². The van der Waals surface area contributed by atoms with Gasteiger partial charge in [0.25, 0.3) is 6.47 Å². The fraction of sp³-hybridized carbons (Fsp3) is 0.526. The minimum atomic E-state index is -0.0168. The van der Waals surface area contributed by atoms with Gasteiger partial charge in [0.15, 0.2) is 0 Å². The molecule has 0 radical (unpaired) electrons. The number of para-hydroxylation sites is 2. The number of benzene rings is 1. The minimum Gasteiger partial charge on any atom is -0.468 e. The topological polar surface area (TPSA) is 61.2 Å². The van der Waals surface area contributed by atoms with E-state index in [4.69, 9.17) is 4.74 Å². The molecular formula is C19H26N2O3. The van der Waals surface area contributed by atoms with E-state index in [-0.39, 0.29) is 18.4 Å². The summed E-state index contributed by atoms with van der Waals surface area (Å²) in [5.41, 5.74) is 1.71. The monoisotopic (exact) mass is 330 g/mol. The van der Waals surface area contributed by atoms with Crippen molar-refractivity contribution in [3.63, 3.8) is 0 Å². The summed E-state index contributed by atoms with van der Waals surface area (Å²) >= 11 is 0. The number of aromatic nitrogens is 2. The number of aryl methyl sites for hydroxylation is 1. The standard InChI is InChI=1S/C19H26N2O3/c1-3-4-5-6-11-18-20-16-9-7-8-10-17(16)21(18)19(23)12-15(2)13-24-14-22/h7-10,14-15H,3-6,11-13H2,1-2H3. The van der Waals surface area contributed by atoms with Crippen molar-refractivity contribution >= 4 is 23.4 Å². The zero-order chi connectivity index (χ0) is 17.4. The number of carbonyl (C=O) groups excluding carboxylic acids is 2. The molecular weight excluding hydrogens is 304 g/mol. The van der Waals surface area contributed by atoms with Gasteiger partial charge in [0, 0.05) is 12.8 Å². The van der Waals surface area contributed by atoms with Crippen molar-refractivity contribution in [1.82, 2.24) is 9.55 Å². The minimum absolute atomic E-state index is 0.0104. The molecule has 0 aliphatic rings. The van der Waals surface area contributed by atoms with Crippen molar-refractivity contribution in [2.75, 3.05) is 6.61 Å². The van der Waals surface area contributed by atoms with Crippen LogP contribution in [0.1, 0.15) is 56.6 Å². The van der Waals surface area contributed by atoms with Gasteiger partial charge in [0.05, 0.1) is 17.6 Å². The predicted molar refractivity (Wildman–Crippen MR) is 94.0 cm³/mol. The molecule has 130 valence electrons. The van der Waals surface area contributed by atoms with E-state index in [1.807, 2.05) is 31.2 Å². The van der Waals surface area contributed by atoms with Crippen molar-refractivity contribution in [2.45, 2.75) is 52.4 Å². The lowest BCUT2D eigenvalue weighted by atomic mass is 10.1. The summed E-state index contributed by atoms with van der Waals surface area (Å²) in [6.45, 7) is 4.77. The lowest BCUT2D eigenvalue weighted by Crippen LogP contribution is -2.19. The number of nitrogens with zero attached hydrogens (tertiary/aromatic N) is 2. The molecule has 1 atom stereocenters. The summed E-state index contributed by atoms with van der Waals surface area (Å²) in [6.07, 6.45) is 5.71. The highest BCUT2D eigenvalue weighted by atomic mass is 16.5. The molecule has 0 spiro atoms. The Morgan fingerprint density at radius 2 is 2.08 bits per heavy atom. The van der Waals surface area contributed by atoms with Crippen molar-refractivity contribution in [3.8, 4) is 0 Å². The quantitative estimate of drug-likeness (QED) is 0.488. The fourth-order valence-electron chi connectivity index (χ4n) is 2.88. The van der Waals surface area contributed by atoms with Crippen LogP contribution in [0.25, 0.3) is 11.0 Å². The summed E-state index contributed by atoms with van der Waals surface area (Å²) < 4.78 is 6.51. The van der Waals surface area contributed by atoms with E-state index in [0.717, 1.165) is 36.1 Å². The zero-order valence-electron chi connectivity index (χ0n) is 14.5. The van der Waals surface area contributed by atoms with Gasteiger partial charge in [-0.3, -0.25) is 14.2 Å². The lowest BCUT2D eigenvalue weighted by Gasteiger charge is -2.12. The van der Waals surface area contributed by atoms with Crippen LogP contribution in [0.5, 0.6) is 0 Å². The molecule has 1 aromatic carbocycles. The van der Waals surface area contributed by atoms with Crippen molar-refractivity contribution in [1.29, 1.82) is 0 Å². The van der Waals surface area contributed by atoms with Crippen LogP contribution in [0.4, 0.5) is 0 Å². The second-order valence-electron chi connectivity index (χ2n) is 6.30. The predicted octanol–water partition coefficient (Wildman–Crippen LogP) is 4.00. The summed E-state index contributed by atoms with van der Waals surface area (Å²) in [6, 6.07) is 7.73. The largest absolute Gasteiger partial charge is 0.468 e. The van der Waals surface area contributed by atoms with E-state index in [1.165, 1.54) is 12.8 Å². The van der Waals surface area contributed by atoms with Crippen LogP contribution in [0.2, 0.25) is 0 Å². The Hall–Kier alpha value is -2.17. The van der Waals surface area contributed by atoms with Gasteiger partial charge >= 0.3 is 0 Å². The zero-order valence-corrected chi connectivity index (χ0v) is 14.5. The van der Waals surface area contributed by atoms with Crippen LogP contribution < -0.4 is 0 Å². The van der Waals surface area contributed by atoms with E-state index in [0.29, 0.717) is 12.9 Å². The van der Waals surface area contributed by atoms with Gasteiger partial charge in [-0.1, -0.05) is 45.2 Å². The molecule has 2 rings (SSSR count). The van der Waals surface area contributed by atoms with Gasteiger partial charge in [-0.25, -0.2) is 4.98 Å². The van der Waals surface area contributed by atoms with Crippen LogP contribution in [-0.2, 0) is 16.0 Å². The molecule has 0 saturated heterocycles. The molecule has 0 N–H and O–H groups in total. The highest BCUT2D eigenvalue weighted by molar-refractivity contribution is 5.91. The average Bonchev–Trinajstić information content (AvgIpc) is 2.95. The number of hydrogen-bond acceptors (Lipinski definition) is 4. The molecule has 0 amide bonds. The second-order valence-corrected chi connectivity index (χ2v) is 6.30. The van der Waals surface area contributed by atoms with E-state index >= 15 is 0 Å². The Kier molecular flexibility index (Phi) is 6.97. The molecule has 5 heteroatoms. The van der Waals surface area contributed by atoms with Gasteiger partial charge in [-0.15, -0.1) is 0 Å². The highest BCUT2D eigenvalue weighted by Crippen LogP contribution is 2.20. The number of unbranched alkanes of at least 4 members (excludes halogenated alkanes) is 3. The Labute approximate surface area is 143 Å². The first-order chi connectivity index (χ1) is 11.7. The smallest absolute Gasteiger partial charge is 0.293 e. The molecule has 0 saturated carbocycles. The molecule has 0 bridgehead atoms. The maximum atomic E-state index is 12.8. The lowest BCUT2D eigenvalue weighted by molar-refractivity contribution is -0.129. The van der Waals surface area contributed by atoms with Crippen LogP contribution in [-0.4, -0.2) is 28.5 Å². The molecule has 1 heterocycles. The Balaban J connectivity index is 2.18. The maximum absolute atomic E-state index is 12.8. The first-order valence-corrected chi connectivity index (χ1v) is 8.72. The summed E-state index contributed by atoms with van der Waals surface area (Å²) in [5.74, 6) is 0.828. The summed E-state index contributed by atoms with van der Waals surface area (Å²) in [4.78, 5) is 27.7. The molecule has 5 nitrogen and oxygen atoms in total. The van der Waals surface area contributed by atoms with Gasteiger partial charge in [-0.05, 0) is 24.5 Å². The Morgan fingerprint density at radius 1 is 1.29 bits per heavy atom. The van der Waals surface area contributed by atoms with Gasteiger partial charge < -0.3 is 4.74 Å². The van der Waals surface area contributed by atoms with Crippen molar-refractivity contribution < 1.29 is 14.3 Å². The highest BCUT2D eigenvalue weighted by Gasteiger charge is 2.18. The summed E-state index contributed by atoms with van der Waals surface area (Å²) in [5, 5.41) is 0. The van der Waals surface area contributed by atoms with Crippen LogP contribution in [0, 0.1) is 5.92 Å².